The van der Waals surface area contributed by atoms with Crippen LogP contribution in [-0.2, 0) is 4.74 Å². The number of hydrogen-bond donors (Lipinski definition) is 1. The van der Waals surface area contributed by atoms with Crippen LogP contribution in [-0.4, -0.2) is 31.7 Å². The van der Waals surface area contributed by atoms with Crippen molar-refractivity contribution in [2.24, 2.45) is 11.8 Å². The summed E-state index contributed by atoms with van der Waals surface area (Å²) in [6.07, 6.45) is 6.63. The highest BCUT2D eigenvalue weighted by molar-refractivity contribution is 6.18. The first-order chi connectivity index (χ1) is 7.40. The van der Waals surface area contributed by atoms with Gasteiger partial charge in [0.2, 0.25) is 0 Å². The number of rotatable bonds is 4. The first-order valence-corrected chi connectivity index (χ1v) is 6.80. The summed E-state index contributed by atoms with van der Waals surface area (Å²) < 4.78 is 5.36. The molecule has 0 aromatic carbocycles. The highest BCUT2D eigenvalue weighted by atomic mass is 35.5. The Morgan fingerprint density at radius 1 is 1.13 bits per heavy atom. The van der Waals surface area contributed by atoms with Gasteiger partial charge in [-0.15, -0.1) is 11.6 Å². The molecule has 3 unspecified atom stereocenters. The van der Waals surface area contributed by atoms with E-state index in [4.69, 9.17) is 16.3 Å². The molecular formula is C12H22ClNO. The van der Waals surface area contributed by atoms with Crippen LogP contribution in [0.25, 0.3) is 0 Å². The lowest BCUT2D eigenvalue weighted by molar-refractivity contribution is 0.185. The van der Waals surface area contributed by atoms with Crippen LogP contribution in [0.5, 0.6) is 0 Å². The maximum Gasteiger partial charge on any atom is 0.0620 e. The fourth-order valence-corrected chi connectivity index (χ4v) is 3.18. The summed E-state index contributed by atoms with van der Waals surface area (Å²) in [6.45, 7) is 2.98. The van der Waals surface area contributed by atoms with Gasteiger partial charge in [-0.25, -0.2) is 0 Å². The van der Waals surface area contributed by atoms with Crippen LogP contribution in [0.2, 0.25) is 0 Å². The SMILES string of the molecule is ClCC1CCCCC1CNC1CCOC1. The van der Waals surface area contributed by atoms with E-state index < -0.39 is 0 Å². The van der Waals surface area contributed by atoms with Gasteiger partial charge in [-0.2, -0.15) is 0 Å². The molecular weight excluding hydrogens is 210 g/mol. The van der Waals surface area contributed by atoms with Crippen LogP contribution in [0.3, 0.4) is 0 Å². The summed E-state index contributed by atoms with van der Waals surface area (Å²) >= 11 is 6.02. The molecule has 0 bridgehead atoms. The Hall–Kier alpha value is 0.210. The Balaban J connectivity index is 1.71. The van der Waals surface area contributed by atoms with Gasteiger partial charge in [-0.05, 0) is 37.6 Å². The van der Waals surface area contributed by atoms with Crippen molar-refractivity contribution in [2.75, 3.05) is 25.6 Å². The van der Waals surface area contributed by atoms with Gasteiger partial charge < -0.3 is 10.1 Å². The minimum atomic E-state index is 0.600. The summed E-state index contributed by atoms with van der Waals surface area (Å²) in [5.74, 6) is 2.39. The Bertz CT molecular complexity index is 182. The molecule has 0 radical (unpaired) electrons. The second-order valence-corrected chi connectivity index (χ2v) is 5.24. The van der Waals surface area contributed by atoms with Gasteiger partial charge in [0.15, 0.2) is 0 Å². The molecule has 1 heterocycles. The molecule has 3 heteroatoms. The van der Waals surface area contributed by atoms with Gasteiger partial charge in [0.1, 0.15) is 0 Å². The number of halogens is 1. The second kappa shape index (κ2) is 6.07. The van der Waals surface area contributed by atoms with Crippen LogP contribution >= 0.6 is 11.6 Å². The molecule has 0 aromatic heterocycles. The highest BCUT2D eigenvalue weighted by Gasteiger charge is 2.25. The summed E-state index contributed by atoms with van der Waals surface area (Å²) in [5, 5.41) is 3.63. The number of alkyl halides is 1. The smallest absolute Gasteiger partial charge is 0.0620 e. The summed E-state index contributed by atoms with van der Waals surface area (Å²) in [6, 6.07) is 0.600. The third kappa shape index (κ3) is 3.33. The molecule has 1 aliphatic carbocycles. The van der Waals surface area contributed by atoms with E-state index in [0.717, 1.165) is 37.5 Å². The molecule has 2 rings (SSSR count). The van der Waals surface area contributed by atoms with Crippen molar-refractivity contribution < 1.29 is 4.74 Å². The average molecular weight is 232 g/mol. The highest BCUT2D eigenvalue weighted by Crippen LogP contribution is 2.30. The maximum atomic E-state index is 6.02. The zero-order valence-corrected chi connectivity index (χ0v) is 10.1. The number of ether oxygens (including phenoxy) is 1. The topological polar surface area (TPSA) is 21.3 Å². The van der Waals surface area contributed by atoms with Gasteiger partial charge in [0, 0.05) is 18.5 Å². The molecule has 2 fully saturated rings. The third-order valence-electron chi connectivity index (χ3n) is 3.86. The zero-order valence-electron chi connectivity index (χ0n) is 9.38. The fraction of sp³-hybridized carbons (Fsp3) is 1.00. The van der Waals surface area contributed by atoms with Gasteiger partial charge in [0.05, 0.1) is 6.61 Å². The van der Waals surface area contributed by atoms with Crippen LogP contribution in [0.1, 0.15) is 32.1 Å². The monoisotopic (exact) mass is 231 g/mol. The van der Waals surface area contributed by atoms with Crippen molar-refractivity contribution in [3.8, 4) is 0 Å². The third-order valence-corrected chi connectivity index (χ3v) is 4.26. The van der Waals surface area contributed by atoms with Crippen LogP contribution in [0, 0.1) is 11.8 Å². The molecule has 2 nitrogen and oxygen atoms in total. The first-order valence-electron chi connectivity index (χ1n) is 6.27. The van der Waals surface area contributed by atoms with Crippen molar-refractivity contribution >= 4 is 11.6 Å². The lowest BCUT2D eigenvalue weighted by Crippen LogP contribution is -2.37. The van der Waals surface area contributed by atoms with Gasteiger partial charge in [-0.1, -0.05) is 12.8 Å². The van der Waals surface area contributed by atoms with E-state index in [1.54, 1.807) is 0 Å². The number of nitrogens with one attached hydrogen (secondary N) is 1. The van der Waals surface area contributed by atoms with E-state index in [1.807, 2.05) is 0 Å². The van der Waals surface area contributed by atoms with E-state index in [-0.39, 0.29) is 0 Å². The summed E-state index contributed by atoms with van der Waals surface area (Å²) in [4.78, 5) is 0. The zero-order chi connectivity index (χ0) is 10.5. The van der Waals surface area contributed by atoms with Gasteiger partial charge in [0.25, 0.3) is 0 Å². The molecule has 3 atom stereocenters. The summed E-state index contributed by atoms with van der Waals surface area (Å²) in [7, 11) is 0. The normalized spacial score (nSPS) is 37.0. The molecule has 1 aliphatic heterocycles. The molecule has 1 N–H and O–H groups in total. The molecule has 15 heavy (non-hydrogen) atoms. The Morgan fingerprint density at radius 3 is 2.60 bits per heavy atom. The van der Waals surface area contributed by atoms with E-state index in [1.165, 1.54) is 32.1 Å². The largest absolute Gasteiger partial charge is 0.380 e. The average Bonchev–Trinajstić information content (AvgIpc) is 2.79. The maximum absolute atomic E-state index is 6.02. The van der Waals surface area contributed by atoms with Crippen LogP contribution in [0.15, 0.2) is 0 Å². The molecule has 0 amide bonds. The van der Waals surface area contributed by atoms with Crippen molar-refractivity contribution in [1.29, 1.82) is 0 Å². The van der Waals surface area contributed by atoms with Gasteiger partial charge >= 0.3 is 0 Å². The van der Waals surface area contributed by atoms with E-state index in [0.29, 0.717) is 6.04 Å². The molecule has 1 saturated heterocycles. The van der Waals surface area contributed by atoms with E-state index in [2.05, 4.69) is 5.32 Å². The quantitative estimate of drug-likeness (QED) is 0.751. The number of hydrogen-bond acceptors (Lipinski definition) is 2. The Morgan fingerprint density at radius 2 is 1.93 bits per heavy atom. The predicted molar refractivity (Wildman–Crippen MR) is 63.4 cm³/mol. The Labute approximate surface area is 97.7 Å². The lowest BCUT2D eigenvalue weighted by atomic mass is 9.80. The van der Waals surface area contributed by atoms with Crippen molar-refractivity contribution in [3.63, 3.8) is 0 Å². The van der Waals surface area contributed by atoms with Crippen LogP contribution < -0.4 is 5.32 Å². The van der Waals surface area contributed by atoms with Crippen molar-refractivity contribution in [1.82, 2.24) is 5.32 Å². The Kier molecular flexibility index (Phi) is 4.73. The minimum absolute atomic E-state index is 0.600. The minimum Gasteiger partial charge on any atom is -0.380 e. The van der Waals surface area contributed by atoms with Crippen molar-refractivity contribution in [2.45, 2.75) is 38.1 Å². The van der Waals surface area contributed by atoms with Crippen LogP contribution in [0.4, 0.5) is 0 Å². The molecule has 0 aromatic rings. The van der Waals surface area contributed by atoms with Crippen molar-refractivity contribution in [3.05, 3.63) is 0 Å². The van der Waals surface area contributed by atoms with Gasteiger partial charge in [-0.3, -0.25) is 0 Å². The van der Waals surface area contributed by atoms with E-state index >= 15 is 0 Å². The fourth-order valence-electron chi connectivity index (χ4n) is 2.77. The van der Waals surface area contributed by atoms with E-state index in [9.17, 15) is 0 Å². The first kappa shape index (κ1) is 11.7. The second-order valence-electron chi connectivity index (χ2n) is 4.93. The molecule has 1 saturated carbocycles. The summed E-state index contributed by atoms with van der Waals surface area (Å²) in [5.41, 5.74) is 0. The predicted octanol–water partition coefficient (Wildman–Crippen LogP) is 2.41. The standard InChI is InChI=1S/C12H22ClNO/c13-7-10-3-1-2-4-11(10)8-14-12-5-6-15-9-12/h10-12,14H,1-9H2. The lowest BCUT2D eigenvalue weighted by Gasteiger charge is -2.31. The molecule has 2 aliphatic rings. The molecule has 88 valence electrons. The molecule has 0 spiro atoms.